The molecule has 3 aromatic carbocycles. The van der Waals surface area contributed by atoms with Gasteiger partial charge in [-0.05, 0) is 52.7 Å². The van der Waals surface area contributed by atoms with Gasteiger partial charge < -0.3 is 10.1 Å². The number of nitrogens with zero attached hydrogens (tertiary/aromatic N) is 1. The fourth-order valence-corrected chi connectivity index (χ4v) is 2.89. The zero-order valence-corrected chi connectivity index (χ0v) is 14.9. The van der Waals surface area contributed by atoms with Crippen LogP contribution in [-0.2, 0) is 6.54 Å². The van der Waals surface area contributed by atoms with Gasteiger partial charge in [0.2, 0.25) is 0 Å². The number of pyridine rings is 1. The number of carbonyl (C=O) groups excluding carboxylic acids is 1. The second-order valence-corrected chi connectivity index (χ2v) is 6.30. The third kappa shape index (κ3) is 3.99. The van der Waals surface area contributed by atoms with Gasteiger partial charge in [-0.25, -0.2) is 4.39 Å². The molecule has 0 aliphatic rings. The minimum Gasteiger partial charge on any atom is -0.453 e. The standard InChI is InChI=1S/C23H17FN2O2/c24-21-12-16(7-10-22(21)28-20-6-3-11-25-15-20)14-26-23(27)19-9-8-17-4-1-2-5-18(17)13-19/h1-13,15H,14H2,(H,26,27). The maximum absolute atomic E-state index is 14.3. The van der Waals surface area contributed by atoms with Crippen molar-refractivity contribution in [3.05, 3.63) is 102 Å². The van der Waals surface area contributed by atoms with E-state index < -0.39 is 5.82 Å². The fraction of sp³-hybridized carbons (Fsp3) is 0.0435. The minimum absolute atomic E-state index is 0.109. The van der Waals surface area contributed by atoms with E-state index in [1.54, 1.807) is 36.5 Å². The molecular weight excluding hydrogens is 355 g/mol. The fourth-order valence-electron chi connectivity index (χ4n) is 2.89. The SMILES string of the molecule is O=C(NCc1ccc(Oc2cccnc2)c(F)c1)c1ccc2ccccc2c1. The molecule has 0 bridgehead atoms. The van der Waals surface area contributed by atoms with Gasteiger partial charge in [-0.2, -0.15) is 0 Å². The van der Waals surface area contributed by atoms with E-state index in [0.717, 1.165) is 10.8 Å². The van der Waals surface area contributed by atoms with E-state index in [-0.39, 0.29) is 18.2 Å². The molecule has 0 saturated carbocycles. The number of nitrogens with one attached hydrogen (secondary N) is 1. The first-order valence-electron chi connectivity index (χ1n) is 8.82. The van der Waals surface area contributed by atoms with Crippen molar-refractivity contribution >= 4 is 16.7 Å². The average molecular weight is 372 g/mol. The number of benzene rings is 3. The molecule has 0 saturated heterocycles. The summed E-state index contributed by atoms with van der Waals surface area (Å²) in [6.07, 6.45) is 3.13. The molecule has 28 heavy (non-hydrogen) atoms. The highest BCUT2D eigenvalue weighted by Crippen LogP contribution is 2.24. The highest BCUT2D eigenvalue weighted by Gasteiger charge is 2.09. The molecule has 1 heterocycles. The van der Waals surface area contributed by atoms with Gasteiger partial charge in [0.15, 0.2) is 11.6 Å². The molecule has 5 heteroatoms. The molecule has 0 unspecified atom stereocenters. The quantitative estimate of drug-likeness (QED) is 0.530. The Hall–Kier alpha value is -3.73. The summed E-state index contributed by atoms with van der Waals surface area (Å²) in [6.45, 7) is 0.218. The Morgan fingerprint density at radius 1 is 0.964 bits per heavy atom. The highest BCUT2D eigenvalue weighted by molar-refractivity contribution is 5.98. The molecule has 1 N–H and O–H groups in total. The van der Waals surface area contributed by atoms with E-state index in [4.69, 9.17) is 4.74 Å². The molecule has 4 rings (SSSR count). The van der Waals surface area contributed by atoms with Crippen LogP contribution in [0.2, 0.25) is 0 Å². The second kappa shape index (κ2) is 7.88. The van der Waals surface area contributed by atoms with E-state index in [9.17, 15) is 9.18 Å². The third-order valence-electron chi connectivity index (χ3n) is 4.32. The van der Waals surface area contributed by atoms with Crippen LogP contribution in [0.1, 0.15) is 15.9 Å². The van der Waals surface area contributed by atoms with Gasteiger partial charge in [0.25, 0.3) is 5.91 Å². The van der Waals surface area contributed by atoms with Crippen LogP contribution in [0.25, 0.3) is 10.8 Å². The molecule has 0 radical (unpaired) electrons. The first-order valence-corrected chi connectivity index (χ1v) is 8.82. The Bertz CT molecular complexity index is 1130. The van der Waals surface area contributed by atoms with Gasteiger partial charge >= 0.3 is 0 Å². The predicted molar refractivity (Wildman–Crippen MR) is 106 cm³/mol. The molecule has 0 aliphatic heterocycles. The van der Waals surface area contributed by atoms with E-state index in [0.29, 0.717) is 16.9 Å². The second-order valence-electron chi connectivity index (χ2n) is 6.30. The summed E-state index contributed by atoms with van der Waals surface area (Å²) in [4.78, 5) is 16.3. The lowest BCUT2D eigenvalue weighted by molar-refractivity contribution is 0.0951. The van der Waals surface area contributed by atoms with Crippen molar-refractivity contribution in [2.45, 2.75) is 6.54 Å². The molecule has 0 spiro atoms. The topological polar surface area (TPSA) is 51.2 Å². The molecule has 4 aromatic rings. The maximum Gasteiger partial charge on any atom is 0.251 e. The summed E-state index contributed by atoms with van der Waals surface area (Å²) in [5, 5.41) is 4.89. The average Bonchev–Trinajstić information content (AvgIpc) is 2.74. The van der Waals surface area contributed by atoms with E-state index >= 15 is 0 Å². The number of amides is 1. The van der Waals surface area contributed by atoms with Gasteiger partial charge in [0, 0.05) is 18.3 Å². The molecule has 138 valence electrons. The normalized spacial score (nSPS) is 10.6. The summed E-state index contributed by atoms with van der Waals surface area (Å²) >= 11 is 0. The van der Waals surface area contributed by atoms with Crippen LogP contribution in [0.5, 0.6) is 11.5 Å². The van der Waals surface area contributed by atoms with Crippen molar-refractivity contribution in [3.8, 4) is 11.5 Å². The Balaban J connectivity index is 1.42. The third-order valence-corrected chi connectivity index (χ3v) is 4.32. The molecule has 0 atom stereocenters. The lowest BCUT2D eigenvalue weighted by atomic mass is 10.1. The predicted octanol–water partition coefficient (Wildman–Crippen LogP) is 5.10. The van der Waals surface area contributed by atoms with Crippen molar-refractivity contribution in [2.24, 2.45) is 0 Å². The lowest BCUT2D eigenvalue weighted by Gasteiger charge is -2.09. The van der Waals surface area contributed by atoms with Crippen molar-refractivity contribution in [1.29, 1.82) is 0 Å². The number of hydrogen-bond acceptors (Lipinski definition) is 3. The summed E-state index contributed by atoms with van der Waals surface area (Å²) in [7, 11) is 0. The number of fused-ring (bicyclic) bond motifs is 1. The number of rotatable bonds is 5. The monoisotopic (exact) mass is 372 g/mol. The van der Waals surface area contributed by atoms with Crippen LogP contribution < -0.4 is 10.1 Å². The van der Waals surface area contributed by atoms with Gasteiger partial charge in [-0.1, -0.05) is 36.4 Å². The smallest absolute Gasteiger partial charge is 0.251 e. The molecule has 4 nitrogen and oxygen atoms in total. The van der Waals surface area contributed by atoms with Crippen LogP contribution in [0.4, 0.5) is 4.39 Å². The molecular formula is C23H17FN2O2. The zero-order valence-electron chi connectivity index (χ0n) is 14.9. The number of aromatic nitrogens is 1. The maximum atomic E-state index is 14.3. The minimum atomic E-state index is -0.499. The van der Waals surface area contributed by atoms with Gasteiger partial charge in [0.05, 0.1) is 6.20 Å². The summed E-state index contributed by atoms with van der Waals surface area (Å²) < 4.78 is 19.8. The Kier molecular flexibility index (Phi) is 4.97. The first-order chi connectivity index (χ1) is 13.7. The van der Waals surface area contributed by atoms with Crippen molar-refractivity contribution in [1.82, 2.24) is 10.3 Å². The van der Waals surface area contributed by atoms with E-state index in [2.05, 4.69) is 10.3 Å². The van der Waals surface area contributed by atoms with Gasteiger partial charge in [0.1, 0.15) is 5.75 Å². The molecule has 1 aromatic heterocycles. The van der Waals surface area contributed by atoms with Crippen LogP contribution in [-0.4, -0.2) is 10.9 Å². The summed E-state index contributed by atoms with van der Waals surface area (Å²) in [6, 6.07) is 21.4. The van der Waals surface area contributed by atoms with Crippen molar-refractivity contribution < 1.29 is 13.9 Å². The lowest BCUT2D eigenvalue weighted by Crippen LogP contribution is -2.22. The number of ether oxygens (including phenoxy) is 1. The number of halogens is 1. The van der Waals surface area contributed by atoms with Gasteiger partial charge in [-0.15, -0.1) is 0 Å². The van der Waals surface area contributed by atoms with Crippen LogP contribution in [0.3, 0.4) is 0 Å². The molecule has 0 aliphatic carbocycles. The van der Waals surface area contributed by atoms with E-state index in [1.807, 2.05) is 36.4 Å². The number of carbonyl (C=O) groups is 1. The Morgan fingerprint density at radius 3 is 2.61 bits per heavy atom. The summed E-state index contributed by atoms with van der Waals surface area (Å²) in [5.74, 6) is -0.139. The summed E-state index contributed by atoms with van der Waals surface area (Å²) in [5.41, 5.74) is 1.21. The van der Waals surface area contributed by atoms with Crippen molar-refractivity contribution in [2.75, 3.05) is 0 Å². The Morgan fingerprint density at radius 2 is 1.82 bits per heavy atom. The van der Waals surface area contributed by atoms with Crippen molar-refractivity contribution in [3.63, 3.8) is 0 Å². The van der Waals surface area contributed by atoms with Crippen LogP contribution in [0.15, 0.2) is 85.2 Å². The highest BCUT2D eigenvalue weighted by atomic mass is 19.1. The zero-order chi connectivity index (χ0) is 19.3. The van der Waals surface area contributed by atoms with Gasteiger partial charge in [-0.3, -0.25) is 9.78 Å². The van der Waals surface area contributed by atoms with Crippen LogP contribution in [0, 0.1) is 5.82 Å². The molecule has 0 fully saturated rings. The first kappa shape index (κ1) is 17.7. The van der Waals surface area contributed by atoms with E-state index in [1.165, 1.54) is 12.3 Å². The van der Waals surface area contributed by atoms with Crippen LogP contribution >= 0.6 is 0 Å². The Labute approximate surface area is 161 Å². The molecule has 1 amide bonds. The largest absolute Gasteiger partial charge is 0.453 e. The number of hydrogen-bond donors (Lipinski definition) is 1.